The van der Waals surface area contributed by atoms with E-state index in [1.54, 1.807) is 23.9 Å². The first-order chi connectivity index (χ1) is 20.5. The third kappa shape index (κ3) is 4.70. The summed E-state index contributed by atoms with van der Waals surface area (Å²) in [5, 5.41) is 6.56. The molecule has 0 bridgehead atoms. The average Bonchev–Trinajstić information content (AvgIpc) is 3.39. The standard InChI is InChI=1S/C31H37N5O6/c1-3-42-29(38)28-26-15-17-35(23-9-7-22(8-10-23)34-16-5-4-6-27(34)37)30(39)31(26,33-18-20-41-21-19-33)36(32-28)24-11-13-25(40-2)14-12-24/h7-14,26H,3-6,15-21H2,1-2H3/t26-,31+/m0/s1. The molecule has 0 saturated carbocycles. The van der Waals surface area contributed by atoms with Crippen molar-refractivity contribution >= 4 is 40.6 Å². The smallest absolute Gasteiger partial charge is 0.354 e. The molecule has 3 saturated heterocycles. The van der Waals surface area contributed by atoms with Crippen LogP contribution in [0.25, 0.3) is 0 Å². The van der Waals surface area contributed by atoms with Crippen molar-refractivity contribution in [2.24, 2.45) is 11.0 Å². The minimum absolute atomic E-state index is 0.127. The zero-order valence-corrected chi connectivity index (χ0v) is 24.2. The van der Waals surface area contributed by atoms with Gasteiger partial charge in [0.15, 0.2) is 5.71 Å². The lowest BCUT2D eigenvalue weighted by Gasteiger charge is -2.53. The number of piperidine rings is 2. The summed E-state index contributed by atoms with van der Waals surface area (Å²) in [6.45, 7) is 5.02. The quantitative estimate of drug-likeness (QED) is 0.464. The molecule has 0 unspecified atom stereocenters. The van der Waals surface area contributed by atoms with Gasteiger partial charge in [0.25, 0.3) is 5.91 Å². The Morgan fingerprint density at radius 3 is 2.24 bits per heavy atom. The number of ether oxygens (including phenoxy) is 3. The van der Waals surface area contributed by atoms with Gasteiger partial charge in [-0.05, 0) is 74.7 Å². The largest absolute Gasteiger partial charge is 0.497 e. The number of nitrogens with zero attached hydrogens (tertiary/aromatic N) is 5. The second-order valence-electron chi connectivity index (χ2n) is 10.9. The van der Waals surface area contributed by atoms with Crippen LogP contribution in [0.15, 0.2) is 53.6 Å². The third-order valence-electron chi connectivity index (χ3n) is 8.64. The van der Waals surface area contributed by atoms with E-state index in [0.29, 0.717) is 63.7 Å². The maximum absolute atomic E-state index is 15.0. The van der Waals surface area contributed by atoms with E-state index < -0.39 is 17.6 Å². The highest BCUT2D eigenvalue weighted by atomic mass is 16.5. The molecule has 0 aliphatic carbocycles. The first-order valence-corrected chi connectivity index (χ1v) is 14.7. The first kappa shape index (κ1) is 28.2. The molecule has 222 valence electrons. The molecule has 0 aromatic heterocycles. The normalized spacial score (nSPS) is 24.9. The summed E-state index contributed by atoms with van der Waals surface area (Å²) >= 11 is 0. The monoisotopic (exact) mass is 575 g/mol. The Balaban J connectivity index is 1.42. The molecule has 3 fully saturated rings. The minimum Gasteiger partial charge on any atom is -0.497 e. The molecule has 11 heteroatoms. The molecule has 0 N–H and O–H groups in total. The van der Waals surface area contributed by atoms with Gasteiger partial charge < -0.3 is 24.0 Å². The molecule has 11 nitrogen and oxygen atoms in total. The zero-order chi connectivity index (χ0) is 29.3. The molecule has 42 heavy (non-hydrogen) atoms. The number of esters is 1. The fraction of sp³-hybridized carbons (Fsp3) is 0.484. The molecule has 2 atom stereocenters. The van der Waals surface area contributed by atoms with E-state index in [4.69, 9.17) is 19.3 Å². The Labute approximate surface area is 245 Å². The van der Waals surface area contributed by atoms with Gasteiger partial charge in [0.2, 0.25) is 11.6 Å². The molecular weight excluding hydrogens is 538 g/mol. The van der Waals surface area contributed by atoms with Gasteiger partial charge in [0.05, 0.1) is 38.5 Å². The first-order valence-electron chi connectivity index (χ1n) is 14.7. The number of carbonyl (C=O) groups is 3. The highest BCUT2D eigenvalue weighted by Gasteiger charge is 2.65. The Bertz CT molecular complexity index is 1360. The van der Waals surface area contributed by atoms with Crippen LogP contribution in [0.1, 0.15) is 32.6 Å². The van der Waals surface area contributed by atoms with Crippen LogP contribution in [-0.2, 0) is 23.9 Å². The molecule has 0 radical (unpaired) electrons. The van der Waals surface area contributed by atoms with Crippen molar-refractivity contribution in [2.45, 2.75) is 38.3 Å². The average molecular weight is 576 g/mol. The zero-order valence-electron chi connectivity index (χ0n) is 24.2. The van der Waals surface area contributed by atoms with E-state index in [1.807, 2.05) is 53.4 Å². The van der Waals surface area contributed by atoms with Crippen LogP contribution in [0.4, 0.5) is 17.1 Å². The van der Waals surface area contributed by atoms with Gasteiger partial charge in [-0.15, -0.1) is 0 Å². The number of morpholine rings is 1. The molecule has 4 aliphatic heterocycles. The van der Waals surface area contributed by atoms with Crippen molar-refractivity contribution in [1.82, 2.24) is 4.90 Å². The number of hydrogen-bond donors (Lipinski definition) is 0. The maximum Gasteiger partial charge on any atom is 0.354 e. The molecule has 4 heterocycles. The summed E-state index contributed by atoms with van der Waals surface area (Å²) in [6.07, 6.45) is 2.96. The number of amides is 2. The lowest BCUT2D eigenvalue weighted by Crippen LogP contribution is -2.74. The second-order valence-corrected chi connectivity index (χ2v) is 10.9. The molecule has 6 rings (SSSR count). The number of hydrazone groups is 1. The van der Waals surface area contributed by atoms with Crippen LogP contribution in [0.2, 0.25) is 0 Å². The fourth-order valence-corrected chi connectivity index (χ4v) is 6.63. The Kier molecular flexibility index (Phi) is 7.87. The molecule has 2 amide bonds. The van der Waals surface area contributed by atoms with Crippen molar-refractivity contribution in [2.75, 3.05) is 67.9 Å². The van der Waals surface area contributed by atoms with Crippen LogP contribution in [0, 0.1) is 5.92 Å². The highest BCUT2D eigenvalue weighted by Crippen LogP contribution is 2.47. The minimum atomic E-state index is -1.29. The summed E-state index contributed by atoms with van der Waals surface area (Å²) in [4.78, 5) is 46.5. The summed E-state index contributed by atoms with van der Waals surface area (Å²) in [5.41, 5.74) is 1.20. The van der Waals surface area contributed by atoms with E-state index in [1.165, 1.54) is 0 Å². The van der Waals surface area contributed by atoms with Crippen LogP contribution in [-0.4, -0.2) is 87.2 Å². The van der Waals surface area contributed by atoms with E-state index in [-0.39, 0.29) is 24.1 Å². The second kappa shape index (κ2) is 11.7. The van der Waals surface area contributed by atoms with Crippen molar-refractivity contribution in [3.8, 4) is 5.75 Å². The predicted octanol–water partition coefficient (Wildman–Crippen LogP) is 3.03. The SMILES string of the molecule is CCOC(=O)C1=NN(c2ccc(OC)cc2)[C@@]2(N3CCOCC3)C(=O)N(c3ccc(N4CCCCC4=O)cc3)CC[C@@H]12. The summed E-state index contributed by atoms with van der Waals surface area (Å²) in [5.74, 6) is -0.379. The van der Waals surface area contributed by atoms with E-state index in [9.17, 15) is 14.4 Å². The summed E-state index contributed by atoms with van der Waals surface area (Å²) in [6, 6.07) is 15.0. The van der Waals surface area contributed by atoms with Gasteiger partial charge in [-0.3, -0.25) is 14.5 Å². The molecular formula is C31H37N5O6. The molecule has 4 aliphatic rings. The van der Waals surface area contributed by atoms with Crippen molar-refractivity contribution in [1.29, 1.82) is 0 Å². The Hall–Kier alpha value is -3.96. The van der Waals surface area contributed by atoms with Gasteiger partial charge in [-0.2, -0.15) is 5.10 Å². The Morgan fingerprint density at radius 1 is 0.929 bits per heavy atom. The van der Waals surface area contributed by atoms with Crippen LogP contribution < -0.4 is 19.5 Å². The number of carbonyl (C=O) groups excluding carboxylic acids is 3. The summed E-state index contributed by atoms with van der Waals surface area (Å²) in [7, 11) is 1.60. The number of fused-ring (bicyclic) bond motifs is 1. The summed E-state index contributed by atoms with van der Waals surface area (Å²) < 4.78 is 16.5. The Morgan fingerprint density at radius 2 is 1.60 bits per heavy atom. The van der Waals surface area contributed by atoms with Gasteiger partial charge >= 0.3 is 5.97 Å². The van der Waals surface area contributed by atoms with Gasteiger partial charge in [-0.1, -0.05) is 0 Å². The number of hydrogen-bond acceptors (Lipinski definition) is 9. The third-order valence-corrected chi connectivity index (χ3v) is 8.64. The topological polar surface area (TPSA) is 104 Å². The van der Waals surface area contributed by atoms with E-state index >= 15 is 0 Å². The van der Waals surface area contributed by atoms with Crippen LogP contribution >= 0.6 is 0 Å². The van der Waals surface area contributed by atoms with Crippen molar-refractivity contribution in [3.05, 3.63) is 48.5 Å². The lowest BCUT2D eigenvalue weighted by molar-refractivity contribution is -0.140. The van der Waals surface area contributed by atoms with Crippen molar-refractivity contribution < 1.29 is 28.6 Å². The molecule has 2 aromatic rings. The fourth-order valence-electron chi connectivity index (χ4n) is 6.63. The predicted molar refractivity (Wildman–Crippen MR) is 158 cm³/mol. The van der Waals surface area contributed by atoms with Gasteiger partial charge in [0, 0.05) is 44.0 Å². The lowest BCUT2D eigenvalue weighted by atomic mass is 9.79. The number of benzene rings is 2. The van der Waals surface area contributed by atoms with E-state index in [0.717, 1.165) is 24.2 Å². The molecule has 0 spiro atoms. The van der Waals surface area contributed by atoms with Crippen LogP contribution in [0.5, 0.6) is 5.75 Å². The maximum atomic E-state index is 15.0. The molecule has 2 aromatic carbocycles. The number of anilines is 3. The van der Waals surface area contributed by atoms with Crippen LogP contribution in [0.3, 0.4) is 0 Å². The van der Waals surface area contributed by atoms with Gasteiger partial charge in [0.1, 0.15) is 5.75 Å². The van der Waals surface area contributed by atoms with E-state index in [2.05, 4.69) is 4.90 Å². The highest BCUT2D eigenvalue weighted by molar-refractivity contribution is 6.40. The number of methoxy groups -OCH3 is 1. The van der Waals surface area contributed by atoms with Crippen molar-refractivity contribution in [3.63, 3.8) is 0 Å². The van der Waals surface area contributed by atoms with Gasteiger partial charge in [-0.25, -0.2) is 9.80 Å². The number of rotatable bonds is 7.